The topological polar surface area (TPSA) is 56.3 Å². The number of carbonyl (C=O) groups is 2. The number of carbonyl (C=O) groups excluding carboxylic acids is 2. The third-order valence-electron chi connectivity index (χ3n) is 6.19. The van der Waals surface area contributed by atoms with Crippen LogP contribution in [0.3, 0.4) is 0 Å². The van der Waals surface area contributed by atoms with Crippen LogP contribution in [0.5, 0.6) is 0 Å². The quantitative estimate of drug-likeness (QED) is 0.410. The summed E-state index contributed by atoms with van der Waals surface area (Å²) in [5.41, 5.74) is 3.57. The highest BCUT2D eigenvalue weighted by Gasteiger charge is 2.33. The van der Waals surface area contributed by atoms with Gasteiger partial charge in [-0.05, 0) is 66.5 Å². The third kappa shape index (κ3) is 4.36. The lowest BCUT2D eigenvalue weighted by atomic mass is 9.70. The maximum atomic E-state index is 13.2. The van der Waals surface area contributed by atoms with E-state index < -0.39 is 18.4 Å². The predicted molar refractivity (Wildman–Crippen MR) is 118 cm³/mol. The van der Waals surface area contributed by atoms with Crippen LogP contribution in [0.2, 0.25) is 0 Å². The number of aryl methyl sites for hydroxylation is 1. The van der Waals surface area contributed by atoms with Gasteiger partial charge in [-0.25, -0.2) is 9.18 Å². The van der Waals surface area contributed by atoms with E-state index in [0.717, 1.165) is 41.4 Å². The van der Waals surface area contributed by atoms with E-state index in [1.54, 1.807) is 0 Å². The zero-order chi connectivity index (χ0) is 22.2. The fraction of sp³-hybridized carbons (Fsp3) is 0.346. The Hall–Kier alpha value is -3.08. The van der Waals surface area contributed by atoms with Gasteiger partial charge in [-0.2, -0.15) is 0 Å². The molecule has 0 saturated heterocycles. The molecule has 0 spiro atoms. The molecule has 0 aliphatic heterocycles. The van der Waals surface area contributed by atoms with Crippen LogP contribution in [-0.4, -0.2) is 23.3 Å². The molecule has 31 heavy (non-hydrogen) atoms. The molecule has 3 aromatic rings. The van der Waals surface area contributed by atoms with E-state index in [2.05, 4.69) is 20.8 Å². The summed E-state index contributed by atoms with van der Waals surface area (Å²) >= 11 is 0. The second kappa shape index (κ2) is 8.22. The average Bonchev–Trinajstić information content (AvgIpc) is 2.75. The highest BCUT2D eigenvalue weighted by molar-refractivity contribution is 6.06. The minimum absolute atomic E-state index is 0.114. The fourth-order valence-electron chi connectivity index (χ4n) is 4.28. The van der Waals surface area contributed by atoms with Crippen molar-refractivity contribution in [2.45, 2.75) is 40.0 Å². The molecule has 5 heteroatoms. The number of ketones is 1. The summed E-state index contributed by atoms with van der Waals surface area (Å²) in [6.07, 6.45) is 2.60. The Morgan fingerprint density at radius 3 is 2.52 bits per heavy atom. The second-order valence-corrected chi connectivity index (χ2v) is 9.24. The van der Waals surface area contributed by atoms with Crippen LogP contribution in [0.15, 0.2) is 48.5 Å². The van der Waals surface area contributed by atoms with Gasteiger partial charge in [0.1, 0.15) is 5.82 Å². The molecule has 1 heterocycles. The van der Waals surface area contributed by atoms with Gasteiger partial charge < -0.3 is 4.74 Å². The van der Waals surface area contributed by atoms with Crippen molar-refractivity contribution < 1.29 is 18.7 Å². The molecule has 160 valence electrons. The minimum Gasteiger partial charge on any atom is -0.454 e. The molecule has 1 unspecified atom stereocenters. The number of ether oxygens (including phenoxy) is 1. The first-order valence-corrected chi connectivity index (χ1v) is 10.6. The number of hydrogen-bond donors (Lipinski definition) is 0. The van der Waals surface area contributed by atoms with E-state index in [0.29, 0.717) is 17.0 Å². The molecular formula is C26H26FNO3. The first-order chi connectivity index (χ1) is 14.7. The molecule has 0 radical (unpaired) electrons. The molecule has 1 aromatic heterocycles. The van der Waals surface area contributed by atoms with Crippen molar-refractivity contribution >= 4 is 22.7 Å². The maximum Gasteiger partial charge on any atom is 0.339 e. The van der Waals surface area contributed by atoms with Gasteiger partial charge in [0.15, 0.2) is 12.4 Å². The van der Waals surface area contributed by atoms with E-state index in [1.165, 1.54) is 24.3 Å². The Bertz CT molecular complexity index is 1150. The number of fused-ring (bicyclic) bond motifs is 2. The number of hydrogen-bond acceptors (Lipinski definition) is 4. The zero-order valence-electron chi connectivity index (χ0n) is 18.1. The monoisotopic (exact) mass is 419 g/mol. The normalized spacial score (nSPS) is 16.1. The Morgan fingerprint density at radius 2 is 1.81 bits per heavy atom. The first-order valence-electron chi connectivity index (χ1n) is 10.6. The molecule has 4 rings (SSSR count). The average molecular weight is 419 g/mol. The van der Waals surface area contributed by atoms with Crippen LogP contribution >= 0.6 is 0 Å². The summed E-state index contributed by atoms with van der Waals surface area (Å²) in [6, 6.07) is 12.8. The number of para-hydroxylation sites is 1. The minimum atomic E-state index is -0.514. The summed E-state index contributed by atoms with van der Waals surface area (Å²) in [7, 11) is 0. The summed E-state index contributed by atoms with van der Waals surface area (Å²) in [6.45, 7) is 6.27. The Balaban J connectivity index is 1.66. The van der Waals surface area contributed by atoms with Crippen LogP contribution in [0.1, 0.15) is 59.2 Å². The number of rotatable bonds is 4. The third-order valence-corrected chi connectivity index (χ3v) is 6.19. The van der Waals surface area contributed by atoms with E-state index >= 15 is 0 Å². The number of esters is 1. The van der Waals surface area contributed by atoms with Crippen molar-refractivity contribution in [2.24, 2.45) is 11.3 Å². The highest BCUT2D eigenvalue weighted by atomic mass is 19.1. The number of Topliss-reactive ketones (excluding diaryl/α,β-unsaturated/α-hetero) is 1. The largest absolute Gasteiger partial charge is 0.454 e. The Labute approximate surface area is 181 Å². The molecule has 0 amide bonds. The smallest absolute Gasteiger partial charge is 0.339 e. The zero-order valence-corrected chi connectivity index (χ0v) is 18.1. The molecule has 1 aliphatic rings. The van der Waals surface area contributed by atoms with Crippen LogP contribution < -0.4 is 0 Å². The van der Waals surface area contributed by atoms with Crippen molar-refractivity contribution in [2.75, 3.05) is 6.61 Å². The van der Waals surface area contributed by atoms with E-state index in [9.17, 15) is 14.0 Å². The van der Waals surface area contributed by atoms with Crippen molar-refractivity contribution in [1.29, 1.82) is 0 Å². The number of aromatic nitrogens is 1. The van der Waals surface area contributed by atoms with Crippen molar-refractivity contribution in [3.05, 3.63) is 76.7 Å². The number of pyridine rings is 1. The van der Waals surface area contributed by atoms with Crippen molar-refractivity contribution in [3.8, 4) is 0 Å². The van der Waals surface area contributed by atoms with Crippen LogP contribution in [0.25, 0.3) is 10.9 Å². The fourth-order valence-corrected chi connectivity index (χ4v) is 4.28. The van der Waals surface area contributed by atoms with Crippen LogP contribution in [-0.2, 0) is 17.6 Å². The van der Waals surface area contributed by atoms with Gasteiger partial charge >= 0.3 is 5.97 Å². The maximum absolute atomic E-state index is 13.2. The van der Waals surface area contributed by atoms with Gasteiger partial charge in [0.05, 0.1) is 11.1 Å². The molecule has 0 bridgehead atoms. The number of nitrogens with zero attached hydrogens (tertiary/aromatic N) is 1. The summed E-state index contributed by atoms with van der Waals surface area (Å²) in [4.78, 5) is 30.4. The summed E-state index contributed by atoms with van der Waals surface area (Å²) < 4.78 is 18.6. The lowest BCUT2D eigenvalue weighted by Gasteiger charge is -2.35. The predicted octanol–water partition coefficient (Wildman–Crippen LogP) is 5.56. The molecule has 0 fully saturated rings. The molecule has 4 nitrogen and oxygen atoms in total. The highest BCUT2D eigenvalue weighted by Crippen LogP contribution is 2.39. The van der Waals surface area contributed by atoms with Gasteiger partial charge in [0.25, 0.3) is 0 Å². The SMILES string of the molecule is CC(C)(C)C1CCc2nc3ccccc3c(C(=O)OCC(=O)c3ccc(F)cc3)c2C1. The van der Waals surface area contributed by atoms with Gasteiger partial charge in [0, 0.05) is 16.6 Å². The molecular weight excluding hydrogens is 393 g/mol. The Kier molecular flexibility index (Phi) is 5.61. The standard InChI is InChI=1S/C26H26FNO3/c1-26(2,3)17-10-13-22-20(14-17)24(19-6-4-5-7-21(19)28-22)25(30)31-15-23(29)16-8-11-18(27)12-9-16/h4-9,11-12,17H,10,13-15H2,1-3H3. The molecule has 0 saturated carbocycles. The lowest BCUT2D eigenvalue weighted by Crippen LogP contribution is -2.29. The number of halogens is 1. The summed E-state index contributed by atoms with van der Waals surface area (Å²) in [5.74, 6) is -0.875. The van der Waals surface area contributed by atoms with E-state index in [4.69, 9.17) is 9.72 Å². The van der Waals surface area contributed by atoms with Gasteiger partial charge in [-0.15, -0.1) is 0 Å². The molecule has 1 aliphatic carbocycles. The Morgan fingerprint density at radius 1 is 1.10 bits per heavy atom. The van der Waals surface area contributed by atoms with E-state index in [1.807, 2.05) is 24.3 Å². The van der Waals surface area contributed by atoms with Gasteiger partial charge in [0.2, 0.25) is 0 Å². The summed E-state index contributed by atoms with van der Waals surface area (Å²) in [5, 5.41) is 0.745. The molecule has 2 aromatic carbocycles. The van der Waals surface area contributed by atoms with Gasteiger partial charge in [-0.1, -0.05) is 39.0 Å². The van der Waals surface area contributed by atoms with Crippen molar-refractivity contribution in [1.82, 2.24) is 4.98 Å². The second-order valence-electron chi connectivity index (χ2n) is 9.24. The van der Waals surface area contributed by atoms with E-state index in [-0.39, 0.29) is 11.2 Å². The van der Waals surface area contributed by atoms with Gasteiger partial charge in [-0.3, -0.25) is 9.78 Å². The first kappa shape index (κ1) is 21.2. The lowest BCUT2D eigenvalue weighted by molar-refractivity contribution is 0.0474. The van der Waals surface area contributed by atoms with Crippen LogP contribution in [0, 0.1) is 17.2 Å². The number of benzene rings is 2. The molecule has 0 N–H and O–H groups in total. The van der Waals surface area contributed by atoms with Crippen molar-refractivity contribution in [3.63, 3.8) is 0 Å². The molecule has 1 atom stereocenters. The van der Waals surface area contributed by atoms with Crippen LogP contribution in [0.4, 0.5) is 4.39 Å².